The third kappa shape index (κ3) is 1.41. The van der Waals surface area contributed by atoms with Crippen LogP contribution in [-0.4, -0.2) is 18.2 Å². The molecule has 0 unspecified atom stereocenters. The van der Waals surface area contributed by atoms with Crippen LogP contribution in [0.15, 0.2) is 10.8 Å². The van der Waals surface area contributed by atoms with Crippen LogP contribution in [0.2, 0.25) is 0 Å². The smallest absolute Gasteiger partial charge is 0.343 e. The van der Waals surface area contributed by atoms with E-state index in [9.17, 15) is 13.6 Å². The minimum Gasteiger partial charge on any atom is -0.465 e. The Bertz CT molecular complexity index is 284. The zero-order valence-corrected chi connectivity index (χ0v) is 6.08. The van der Waals surface area contributed by atoms with Crippen LogP contribution in [-0.2, 0) is 4.74 Å². The molecule has 1 aromatic heterocycles. The van der Waals surface area contributed by atoms with Gasteiger partial charge in [0.2, 0.25) is 0 Å². The van der Waals surface area contributed by atoms with E-state index in [-0.39, 0.29) is 5.56 Å². The molecular formula is C6H5F2NO3. The number of halogens is 2. The molecule has 0 spiro atoms. The summed E-state index contributed by atoms with van der Waals surface area (Å²) in [6.07, 6.45) is -2.01. The van der Waals surface area contributed by atoms with Crippen molar-refractivity contribution in [2.24, 2.45) is 0 Å². The maximum Gasteiger partial charge on any atom is 0.343 e. The SMILES string of the molecule is COC(=O)c1conc1C(F)F. The molecule has 0 saturated carbocycles. The minimum absolute atomic E-state index is 0.340. The van der Waals surface area contributed by atoms with E-state index < -0.39 is 18.1 Å². The highest BCUT2D eigenvalue weighted by Gasteiger charge is 2.23. The predicted octanol–water partition coefficient (Wildman–Crippen LogP) is 1.40. The number of rotatable bonds is 2. The molecule has 0 radical (unpaired) electrons. The van der Waals surface area contributed by atoms with Crippen LogP contribution in [0.4, 0.5) is 8.78 Å². The first-order valence-corrected chi connectivity index (χ1v) is 2.97. The second-order valence-electron chi connectivity index (χ2n) is 1.91. The average Bonchev–Trinajstić information content (AvgIpc) is 2.50. The fourth-order valence-electron chi connectivity index (χ4n) is 0.665. The Labute approximate surface area is 66.1 Å². The Morgan fingerprint density at radius 3 is 2.92 bits per heavy atom. The number of nitrogens with zero attached hydrogens (tertiary/aromatic N) is 1. The van der Waals surface area contributed by atoms with Crippen LogP contribution in [0.3, 0.4) is 0 Å². The summed E-state index contributed by atoms with van der Waals surface area (Å²) >= 11 is 0. The summed E-state index contributed by atoms with van der Waals surface area (Å²) in [4.78, 5) is 10.7. The van der Waals surface area contributed by atoms with Gasteiger partial charge in [-0.2, -0.15) is 0 Å². The molecule has 1 rings (SSSR count). The van der Waals surface area contributed by atoms with Gasteiger partial charge in [0.15, 0.2) is 5.69 Å². The van der Waals surface area contributed by atoms with Crippen molar-refractivity contribution in [3.8, 4) is 0 Å². The van der Waals surface area contributed by atoms with Gasteiger partial charge in [0.1, 0.15) is 11.8 Å². The number of hydrogen-bond donors (Lipinski definition) is 0. The number of aromatic nitrogens is 1. The lowest BCUT2D eigenvalue weighted by Crippen LogP contribution is -2.03. The number of hydrogen-bond acceptors (Lipinski definition) is 4. The van der Waals surface area contributed by atoms with Crippen molar-refractivity contribution in [2.75, 3.05) is 7.11 Å². The van der Waals surface area contributed by atoms with Gasteiger partial charge in [0.25, 0.3) is 6.43 Å². The van der Waals surface area contributed by atoms with Gasteiger partial charge >= 0.3 is 5.97 Å². The number of esters is 1. The molecule has 0 aliphatic heterocycles. The zero-order chi connectivity index (χ0) is 9.14. The topological polar surface area (TPSA) is 52.3 Å². The highest BCUT2D eigenvalue weighted by molar-refractivity contribution is 5.90. The van der Waals surface area contributed by atoms with Crippen molar-refractivity contribution >= 4 is 5.97 Å². The fraction of sp³-hybridized carbons (Fsp3) is 0.333. The number of alkyl halides is 2. The van der Waals surface area contributed by atoms with Crippen LogP contribution in [0.25, 0.3) is 0 Å². The van der Waals surface area contributed by atoms with Crippen LogP contribution < -0.4 is 0 Å². The highest BCUT2D eigenvalue weighted by atomic mass is 19.3. The van der Waals surface area contributed by atoms with Crippen LogP contribution in [0.5, 0.6) is 0 Å². The summed E-state index contributed by atoms with van der Waals surface area (Å²) < 4.78 is 32.5. The molecule has 0 amide bonds. The molecule has 0 aliphatic rings. The number of carbonyl (C=O) groups excluding carboxylic acids is 1. The summed E-state index contributed by atoms with van der Waals surface area (Å²) in [6, 6.07) is 0. The third-order valence-corrected chi connectivity index (χ3v) is 1.21. The lowest BCUT2D eigenvalue weighted by Gasteiger charge is -1.96. The summed E-state index contributed by atoms with van der Waals surface area (Å²) in [6.45, 7) is 0. The molecule has 0 aliphatic carbocycles. The summed E-state index contributed by atoms with van der Waals surface area (Å²) in [5.41, 5.74) is -1.03. The van der Waals surface area contributed by atoms with E-state index in [0.717, 1.165) is 13.4 Å². The van der Waals surface area contributed by atoms with Gasteiger partial charge in [0.05, 0.1) is 7.11 Å². The Kier molecular flexibility index (Phi) is 2.37. The Morgan fingerprint density at radius 1 is 1.75 bits per heavy atom. The molecule has 1 aromatic rings. The molecule has 0 fully saturated rings. The maximum absolute atomic E-state index is 12.0. The zero-order valence-electron chi connectivity index (χ0n) is 6.08. The first-order valence-electron chi connectivity index (χ1n) is 2.97. The van der Waals surface area contributed by atoms with Gasteiger partial charge < -0.3 is 9.26 Å². The molecule has 0 aromatic carbocycles. The van der Waals surface area contributed by atoms with Gasteiger partial charge in [-0.1, -0.05) is 5.16 Å². The molecule has 0 bridgehead atoms. The molecule has 12 heavy (non-hydrogen) atoms. The minimum atomic E-state index is -2.84. The van der Waals surface area contributed by atoms with Gasteiger partial charge in [-0.25, -0.2) is 13.6 Å². The van der Waals surface area contributed by atoms with Crippen LogP contribution in [0.1, 0.15) is 22.5 Å². The Hall–Kier alpha value is -1.46. The molecule has 0 N–H and O–H groups in total. The van der Waals surface area contributed by atoms with E-state index in [0.29, 0.717) is 0 Å². The summed E-state index contributed by atoms with van der Waals surface area (Å²) in [5, 5.41) is 2.96. The van der Waals surface area contributed by atoms with Gasteiger partial charge in [0, 0.05) is 0 Å². The molecule has 0 saturated heterocycles. The van der Waals surface area contributed by atoms with Crippen LogP contribution >= 0.6 is 0 Å². The van der Waals surface area contributed by atoms with E-state index >= 15 is 0 Å². The van der Waals surface area contributed by atoms with Crippen molar-refractivity contribution < 1.29 is 22.8 Å². The number of methoxy groups -OCH3 is 1. The summed E-state index contributed by atoms with van der Waals surface area (Å²) in [5.74, 6) is -0.883. The number of carbonyl (C=O) groups is 1. The second-order valence-corrected chi connectivity index (χ2v) is 1.91. The lowest BCUT2D eigenvalue weighted by atomic mass is 10.2. The Balaban J connectivity index is 2.99. The largest absolute Gasteiger partial charge is 0.465 e. The maximum atomic E-state index is 12.0. The average molecular weight is 177 g/mol. The quantitative estimate of drug-likeness (QED) is 0.640. The van der Waals surface area contributed by atoms with Crippen molar-refractivity contribution in [3.05, 3.63) is 17.5 Å². The van der Waals surface area contributed by atoms with Crippen molar-refractivity contribution in [1.29, 1.82) is 0 Å². The first kappa shape index (κ1) is 8.63. The normalized spacial score (nSPS) is 10.3. The molecular weight excluding hydrogens is 172 g/mol. The van der Waals surface area contributed by atoms with Gasteiger partial charge in [-0.15, -0.1) is 0 Å². The molecule has 1 heterocycles. The summed E-state index contributed by atoms with van der Waals surface area (Å²) in [7, 11) is 1.09. The lowest BCUT2D eigenvalue weighted by molar-refractivity contribution is 0.0589. The fourth-order valence-corrected chi connectivity index (χ4v) is 0.665. The van der Waals surface area contributed by atoms with E-state index in [1.54, 1.807) is 0 Å². The van der Waals surface area contributed by atoms with E-state index in [1.807, 2.05) is 0 Å². The van der Waals surface area contributed by atoms with Crippen molar-refractivity contribution in [1.82, 2.24) is 5.16 Å². The van der Waals surface area contributed by atoms with Gasteiger partial charge in [-0.05, 0) is 0 Å². The predicted molar refractivity (Wildman–Crippen MR) is 32.8 cm³/mol. The first-order chi connectivity index (χ1) is 5.66. The van der Waals surface area contributed by atoms with E-state index in [4.69, 9.17) is 0 Å². The molecule has 6 heteroatoms. The monoisotopic (exact) mass is 177 g/mol. The number of ether oxygens (including phenoxy) is 1. The van der Waals surface area contributed by atoms with E-state index in [2.05, 4.69) is 14.4 Å². The highest BCUT2D eigenvalue weighted by Crippen LogP contribution is 2.21. The molecule has 0 atom stereocenters. The Morgan fingerprint density at radius 2 is 2.42 bits per heavy atom. The second kappa shape index (κ2) is 3.29. The molecule has 4 nitrogen and oxygen atoms in total. The van der Waals surface area contributed by atoms with Gasteiger partial charge in [-0.3, -0.25) is 0 Å². The third-order valence-electron chi connectivity index (χ3n) is 1.21. The van der Waals surface area contributed by atoms with Crippen molar-refractivity contribution in [3.63, 3.8) is 0 Å². The van der Waals surface area contributed by atoms with Crippen LogP contribution in [0, 0.1) is 0 Å². The standard InChI is InChI=1S/C6H5F2NO3/c1-11-6(10)3-2-12-9-4(3)5(7)8/h2,5H,1H3. The van der Waals surface area contributed by atoms with Crippen molar-refractivity contribution in [2.45, 2.75) is 6.43 Å². The van der Waals surface area contributed by atoms with E-state index in [1.165, 1.54) is 0 Å². The molecule has 66 valence electrons.